The van der Waals surface area contributed by atoms with Crippen LogP contribution in [0.1, 0.15) is 31.4 Å². The first-order valence-electron chi connectivity index (χ1n) is 6.71. The topological polar surface area (TPSA) is 50.4 Å². The molecule has 0 atom stereocenters. The van der Waals surface area contributed by atoms with Crippen molar-refractivity contribution in [3.63, 3.8) is 0 Å². The molecule has 0 radical (unpaired) electrons. The molecule has 4 heteroatoms. The van der Waals surface area contributed by atoms with Crippen LogP contribution in [-0.4, -0.2) is 19.3 Å². The van der Waals surface area contributed by atoms with Crippen LogP contribution >= 0.6 is 0 Å². The Hall–Kier alpha value is -1.71. The van der Waals surface area contributed by atoms with Crippen molar-refractivity contribution in [1.82, 2.24) is 10.6 Å². The standard InChI is InChI=1S/C15H24N2O2/c1-11(2)8-9-16-15(18)17-10-19-14-7-5-6-12(3)13(14)4/h5-7,11H,8-10H2,1-4H3,(H2,16,17,18). The Bertz CT molecular complexity index is 417. The molecule has 1 aromatic carbocycles. The van der Waals surface area contributed by atoms with Gasteiger partial charge >= 0.3 is 6.03 Å². The summed E-state index contributed by atoms with van der Waals surface area (Å²) in [6, 6.07) is 5.70. The van der Waals surface area contributed by atoms with E-state index in [4.69, 9.17) is 4.74 Å². The molecule has 4 nitrogen and oxygen atoms in total. The smallest absolute Gasteiger partial charge is 0.317 e. The number of ether oxygens (including phenoxy) is 1. The number of nitrogens with one attached hydrogen (secondary N) is 2. The molecule has 0 spiro atoms. The summed E-state index contributed by atoms with van der Waals surface area (Å²) in [5.74, 6) is 1.40. The average Bonchev–Trinajstić information content (AvgIpc) is 2.34. The summed E-state index contributed by atoms with van der Waals surface area (Å²) < 4.78 is 5.54. The van der Waals surface area contributed by atoms with Crippen molar-refractivity contribution in [3.05, 3.63) is 29.3 Å². The second-order valence-electron chi connectivity index (χ2n) is 5.10. The van der Waals surface area contributed by atoms with E-state index in [0.717, 1.165) is 17.7 Å². The van der Waals surface area contributed by atoms with Crippen LogP contribution in [0.4, 0.5) is 4.79 Å². The predicted molar refractivity (Wildman–Crippen MR) is 77.4 cm³/mol. The molecule has 2 N–H and O–H groups in total. The van der Waals surface area contributed by atoms with Crippen LogP contribution in [0.3, 0.4) is 0 Å². The van der Waals surface area contributed by atoms with Gasteiger partial charge in [-0.3, -0.25) is 0 Å². The molecule has 0 bridgehead atoms. The van der Waals surface area contributed by atoms with Gasteiger partial charge in [-0.05, 0) is 43.4 Å². The van der Waals surface area contributed by atoms with E-state index in [2.05, 4.69) is 24.5 Å². The Morgan fingerprint density at radius 3 is 2.68 bits per heavy atom. The summed E-state index contributed by atoms with van der Waals surface area (Å²) >= 11 is 0. The molecule has 106 valence electrons. The van der Waals surface area contributed by atoms with E-state index in [1.807, 2.05) is 32.0 Å². The van der Waals surface area contributed by atoms with Gasteiger partial charge in [-0.15, -0.1) is 0 Å². The largest absolute Gasteiger partial charge is 0.473 e. The molecule has 2 amide bonds. The Morgan fingerprint density at radius 2 is 2.00 bits per heavy atom. The molecule has 0 aromatic heterocycles. The minimum Gasteiger partial charge on any atom is -0.473 e. The normalized spacial score (nSPS) is 10.4. The number of rotatable bonds is 6. The van der Waals surface area contributed by atoms with Crippen LogP contribution in [0.2, 0.25) is 0 Å². The number of amides is 2. The lowest BCUT2D eigenvalue weighted by atomic mass is 10.1. The second-order valence-corrected chi connectivity index (χ2v) is 5.10. The van der Waals surface area contributed by atoms with Crippen molar-refractivity contribution in [2.24, 2.45) is 5.92 Å². The molecule has 0 aliphatic heterocycles. The first kappa shape index (κ1) is 15.3. The van der Waals surface area contributed by atoms with Crippen LogP contribution in [0.15, 0.2) is 18.2 Å². The fourth-order valence-corrected chi connectivity index (χ4v) is 1.60. The van der Waals surface area contributed by atoms with Gasteiger partial charge in [0.15, 0.2) is 6.73 Å². The number of urea groups is 1. The summed E-state index contributed by atoms with van der Waals surface area (Å²) in [6.07, 6.45) is 0.977. The van der Waals surface area contributed by atoms with Crippen molar-refractivity contribution in [1.29, 1.82) is 0 Å². The summed E-state index contributed by atoms with van der Waals surface area (Å²) in [5.41, 5.74) is 2.28. The van der Waals surface area contributed by atoms with E-state index in [-0.39, 0.29) is 12.8 Å². The van der Waals surface area contributed by atoms with Gasteiger partial charge < -0.3 is 15.4 Å². The Balaban J connectivity index is 2.26. The zero-order chi connectivity index (χ0) is 14.3. The van der Waals surface area contributed by atoms with Crippen molar-refractivity contribution >= 4 is 6.03 Å². The highest BCUT2D eigenvalue weighted by Gasteiger charge is 2.03. The molecule has 1 aromatic rings. The first-order valence-corrected chi connectivity index (χ1v) is 6.71. The number of aryl methyl sites for hydroxylation is 1. The Kier molecular flexibility index (Phi) is 6.19. The molecular weight excluding hydrogens is 240 g/mol. The van der Waals surface area contributed by atoms with Crippen molar-refractivity contribution in [3.8, 4) is 5.75 Å². The summed E-state index contributed by atoms with van der Waals surface area (Å²) in [6.45, 7) is 9.17. The van der Waals surface area contributed by atoms with Gasteiger partial charge in [-0.25, -0.2) is 4.79 Å². The first-order chi connectivity index (χ1) is 9.00. The highest BCUT2D eigenvalue weighted by molar-refractivity contribution is 5.73. The van der Waals surface area contributed by atoms with E-state index in [1.54, 1.807) is 0 Å². The van der Waals surface area contributed by atoms with Crippen molar-refractivity contribution in [2.75, 3.05) is 13.3 Å². The summed E-state index contributed by atoms with van der Waals surface area (Å²) in [5, 5.41) is 5.48. The fraction of sp³-hybridized carbons (Fsp3) is 0.533. The Labute approximate surface area is 115 Å². The number of hydrogen-bond acceptors (Lipinski definition) is 2. The van der Waals surface area contributed by atoms with Gasteiger partial charge in [0.25, 0.3) is 0 Å². The van der Waals surface area contributed by atoms with Crippen LogP contribution < -0.4 is 15.4 Å². The minimum atomic E-state index is -0.189. The molecule has 0 heterocycles. The molecule has 1 rings (SSSR count). The molecule has 0 aliphatic rings. The molecule has 0 aliphatic carbocycles. The lowest BCUT2D eigenvalue weighted by molar-refractivity contribution is 0.223. The quantitative estimate of drug-likeness (QED) is 0.776. The van der Waals surface area contributed by atoms with E-state index in [1.165, 1.54) is 5.56 Å². The van der Waals surface area contributed by atoms with Gasteiger partial charge in [-0.2, -0.15) is 0 Å². The van der Waals surface area contributed by atoms with E-state index in [0.29, 0.717) is 12.5 Å². The monoisotopic (exact) mass is 264 g/mol. The Morgan fingerprint density at radius 1 is 1.26 bits per heavy atom. The molecule has 0 saturated heterocycles. The number of carbonyl (C=O) groups excluding carboxylic acids is 1. The highest BCUT2D eigenvalue weighted by Crippen LogP contribution is 2.19. The molecular formula is C15H24N2O2. The summed E-state index contributed by atoms with van der Waals surface area (Å²) in [4.78, 5) is 11.5. The SMILES string of the molecule is Cc1cccc(OCNC(=O)NCCC(C)C)c1C. The van der Waals surface area contributed by atoms with Gasteiger partial charge in [0.2, 0.25) is 0 Å². The van der Waals surface area contributed by atoms with Crippen LogP contribution in [0.5, 0.6) is 5.75 Å². The van der Waals surface area contributed by atoms with E-state index >= 15 is 0 Å². The third-order valence-electron chi connectivity index (χ3n) is 3.02. The van der Waals surface area contributed by atoms with Gasteiger partial charge in [0.05, 0.1) is 0 Å². The zero-order valence-electron chi connectivity index (χ0n) is 12.2. The number of carbonyl (C=O) groups is 1. The molecule has 0 fully saturated rings. The molecule has 0 unspecified atom stereocenters. The maximum atomic E-state index is 11.5. The van der Waals surface area contributed by atoms with Crippen LogP contribution in [0, 0.1) is 19.8 Å². The minimum absolute atomic E-state index is 0.178. The van der Waals surface area contributed by atoms with Crippen LogP contribution in [-0.2, 0) is 0 Å². The second kappa shape index (κ2) is 7.67. The van der Waals surface area contributed by atoms with Crippen molar-refractivity contribution in [2.45, 2.75) is 34.1 Å². The maximum absolute atomic E-state index is 11.5. The number of benzene rings is 1. The average molecular weight is 264 g/mol. The van der Waals surface area contributed by atoms with Gasteiger partial charge in [0.1, 0.15) is 5.75 Å². The zero-order valence-corrected chi connectivity index (χ0v) is 12.2. The third-order valence-corrected chi connectivity index (χ3v) is 3.02. The lowest BCUT2D eigenvalue weighted by Crippen LogP contribution is -2.38. The van der Waals surface area contributed by atoms with E-state index in [9.17, 15) is 4.79 Å². The van der Waals surface area contributed by atoms with Gasteiger partial charge in [0, 0.05) is 6.54 Å². The summed E-state index contributed by atoms with van der Waals surface area (Å²) in [7, 11) is 0. The fourth-order valence-electron chi connectivity index (χ4n) is 1.60. The van der Waals surface area contributed by atoms with Crippen LogP contribution in [0.25, 0.3) is 0 Å². The highest BCUT2D eigenvalue weighted by atomic mass is 16.5. The molecule has 0 saturated carbocycles. The van der Waals surface area contributed by atoms with E-state index < -0.39 is 0 Å². The van der Waals surface area contributed by atoms with Gasteiger partial charge in [-0.1, -0.05) is 26.0 Å². The maximum Gasteiger partial charge on any atom is 0.317 e. The lowest BCUT2D eigenvalue weighted by Gasteiger charge is -2.12. The van der Waals surface area contributed by atoms with Crippen molar-refractivity contribution < 1.29 is 9.53 Å². The number of hydrogen-bond donors (Lipinski definition) is 2. The molecule has 19 heavy (non-hydrogen) atoms. The predicted octanol–water partition coefficient (Wildman–Crippen LogP) is 2.99. The third kappa shape index (κ3) is 5.64.